The fourth-order valence-electron chi connectivity index (χ4n) is 2.82. The molecular weight excluding hydrogens is 383 g/mol. The molecule has 1 aromatic rings. The minimum atomic E-state index is -0.824. The normalized spacial score (nSPS) is 17.0. The van der Waals surface area contributed by atoms with E-state index in [1.807, 2.05) is 20.8 Å². The highest BCUT2D eigenvalue weighted by molar-refractivity contribution is 5.85. The number of piperidine rings is 1. The van der Waals surface area contributed by atoms with Crippen molar-refractivity contribution in [2.45, 2.75) is 52.2 Å². The topological polar surface area (TPSA) is 58.4 Å². The van der Waals surface area contributed by atoms with Crippen LogP contribution >= 0.6 is 24.8 Å². The summed E-state index contributed by atoms with van der Waals surface area (Å²) in [5, 5.41) is 3.03. The Balaban J connectivity index is 0.00000312. The van der Waals surface area contributed by atoms with E-state index in [-0.39, 0.29) is 42.2 Å². The lowest BCUT2D eigenvalue weighted by Crippen LogP contribution is -2.53. The van der Waals surface area contributed by atoms with E-state index < -0.39 is 17.7 Å². The van der Waals surface area contributed by atoms with Gasteiger partial charge >= 0.3 is 0 Å². The molecule has 0 aromatic heterocycles. The van der Waals surface area contributed by atoms with E-state index in [4.69, 9.17) is 5.73 Å². The fourth-order valence-corrected chi connectivity index (χ4v) is 2.82. The molecule has 1 aliphatic rings. The smallest absolute Gasteiger partial charge is 0.237 e. The first kappa shape index (κ1) is 25.1. The Kier molecular flexibility index (Phi) is 10.0. The van der Waals surface area contributed by atoms with Gasteiger partial charge in [0.1, 0.15) is 0 Å². The van der Waals surface area contributed by atoms with Crippen molar-refractivity contribution >= 4 is 30.7 Å². The Labute approximate surface area is 166 Å². The van der Waals surface area contributed by atoms with Crippen LogP contribution in [0.3, 0.4) is 0 Å². The minimum Gasteiger partial charge on any atom is -0.352 e. The Hall–Kier alpha value is -0.950. The molecule has 1 saturated heterocycles. The number of hydrogen-bond donors (Lipinski definition) is 2. The maximum absolute atomic E-state index is 13.3. The average molecular weight is 412 g/mol. The lowest BCUT2D eigenvalue weighted by Gasteiger charge is -2.34. The summed E-state index contributed by atoms with van der Waals surface area (Å²) in [5.41, 5.74) is 6.47. The van der Waals surface area contributed by atoms with Crippen LogP contribution in [0.2, 0.25) is 0 Å². The Morgan fingerprint density at radius 1 is 1.23 bits per heavy atom. The number of nitrogens with two attached hydrogens (primary N) is 1. The van der Waals surface area contributed by atoms with Gasteiger partial charge in [0.25, 0.3) is 0 Å². The number of nitrogens with zero attached hydrogens (tertiary/aromatic N) is 1. The summed E-state index contributed by atoms with van der Waals surface area (Å²) in [6, 6.07) is 3.59. The van der Waals surface area contributed by atoms with Crippen LogP contribution in [0, 0.1) is 17.0 Å². The third-order valence-corrected chi connectivity index (χ3v) is 4.54. The quantitative estimate of drug-likeness (QED) is 0.798. The maximum Gasteiger partial charge on any atom is 0.237 e. The maximum atomic E-state index is 13.3. The molecule has 0 spiro atoms. The van der Waals surface area contributed by atoms with Crippen LogP contribution in [0.15, 0.2) is 18.2 Å². The van der Waals surface area contributed by atoms with Crippen LogP contribution in [-0.4, -0.2) is 36.0 Å². The predicted octanol–water partition coefficient (Wildman–Crippen LogP) is 3.26. The van der Waals surface area contributed by atoms with Crippen molar-refractivity contribution < 1.29 is 13.6 Å². The number of halogens is 4. The standard InChI is InChI=1S/C18H27F2N3O.2ClH/c1-18(2,3)16(21)17(24)22-13-6-8-23(9-7-13)11-12-4-5-14(19)15(20)10-12;;/h4-5,10,13,16H,6-9,11,21H2,1-3H3,(H,22,24);2*1H/t16-;;/m1../s1. The molecule has 8 heteroatoms. The molecule has 1 aromatic carbocycles. The van der Waals surface area contributed by atoms with Gasteiger partial charge in [-0.3, -0.25) is 9.69 Å². The number of hydrogen-bond acceptors (Lipinski definition) is 3. The zero-order chi connectivity index (χ0) is 17.9. The minimum absolute atomic E-state index is 0. The Bertz CT molecular complexity index is 588. The highest BCUT2D eigenvalue weighted by Crippen LogP contribution is 2.19. The number of rotatable bonds is 4. The summed E-state index contributed by atoms with van der Waals surface area (Å²) in [4.78, 5) is 14.4. The molecule has 1 fully saturated rings. The van der Waals surface area contributed by atoms with E-state index in [0.29, 0.717) is 6.54 Å². The van der Waals surface area contributed by atoms with Crippen LogP contribution in [0.5, 0.6) is 0 Å². The second-order valence-corrected chi connectivity index (χ2v) is 7.65. The molecule has 0 radical (unpaired) electrons. The van der Waals surface area contributed by atoms with Crippen molar-refractivity contribution in [2.24, 2.45) is 11.1 Å². The summed E-state index contributed by atoms with van der Waals surface area (Å²) in [7, 11) is 0. The van der Waals surface area contributed by atoms with Crippen molar-refractivity contribution in [3.8, 4) is 0 Å². The van der Waals surface area contributed by atoms with Crippen molar-refractivity contribution in [3.63, 3.8) is 0 Å². The van der Waals surface area contributed by atoms with Crippen LogP contribution in [0.1, 0.15) is 39.2 Å². The summed E-state index contributed by atoms with van der Waals surface area (Å²) >= 11 is 0. The van der Waals surface area contributed by atoms with Gasteiger partial charge in [-0.15, -0.1) is 24.8 Å². The van der Waals surface area contributed by atoms with Gasteiger partial charge in [-0.05, 0) is 36.0 Å². The molecule has 3 N–H and O–H groups in total. The second kappa shape index (κ2) is 10.4. The zero-order valence-corrected chi connectivity index (χ0v) is 17.1. The molecule has 1 heterocycles. The molecular formula is C18H29Cl2F2N3O. The SMILES string of the molecule is CC(C)(C)[C@H](N)C(=O)NC1CCN(Cc2ccc(F)c(F)c2)CC1.Cl.Cl. The molecule has 0 aliphatic carbocycles. The molecule has 1 atom stereocenters. The second-order valence-electron chi connectivity index (χ2n) is 7.65. The van der Waals surface area contributed by atoms with Crippen molar-refractivity contribution in [2.75, 3.05) is 13.1 Å². The third-order valence-electron chi connectivity index (χ3n) is 4.54. The van der Waals surface area contributed by atoms with E-state index in [9.17, 15) is 13.6 Å². The molecule has 1 amide bonds. The van der Waals surface area contributed by atoms with E-state index in [1.54, 1.807) is 6.07 Å². The molecule has 2 rings (SSSR count). The number of carbonyl (C=O) groups excluding carboxylic acids is 1. The molecule has 0 bridgehead atoms. The van der Waals surface area contributed by atoms with Gasteiger partial charge in [-0.1, -0.05) is 26.8 Å². The fraction of sp³-hybridized carbons (Fsp3) is 0.611. The zero-order valence-electron chi connectivity index (χ0n) is 15.4. The summed E-state index contributed by atoms with van der Waals surface area (Å²) in [6.07, 6.45) is 1.65. The van der Waals surface area contributed by atoms with Gasteiger partial charge in [0.15, 0.2) is 11.6 Å². The van der Waals surface area contributed by atoms with Crippen molar-refractivity contribution in [1.29, 1.82) is 0 Å². The lowest BCUT2D eigenvalue weighted by atomic mass is 9.86. The number of nitrogens with one attached hydrogen (secondary N) is 1. The van der Waals surface area contributed by atoms with Crippen LogP contribution in [0.4, 0.5) is 8.78 Å². The lowest BCUT2D eigenvalue weighted by molar-refractivity contribution is -0.125. The number of likely N-dealkylation sites (tertiary alicyclic amines) is 1. The molecule has 26 heavy (non-hydrogen) atoms. The Morgan fingerprint density at radius 2 is 1.81 bits per heavy atom. The number of amides is 1. The van der Waals surface area contributed by atoms with Gasteiger partial charge in [0.05, 0.1) is 6.04 Å². The van der Waals surface area contributed by atoms with Gasteiger partial charge < -0.3 is 11.1 Å². The highest BCUT2D eigenvalue weighted by atomic mass is 35.5. The van der Waals surface area contributed by atoms with Crippen molar-refractivity contribution in [1.82, 2.24) is 10.2 Å². The van der Waals surface area contributed by atoms with Crippen LogP contribution < -0.4 is 11.1 Å². The van der Waals surface area contributed by atoms with Crippen LogP contribution in [-0.2, 0) is 11.3 Å². The average Bonchev–Trinajstić information content (AvgIpc) is 2.51. The first-order valence-corrected chi connectivity index (χ1v) is 8.39. The summed E-state index contributed by atoms with van der Waals surface area (Å²) < 4.78 is 26.2. The Morgan fingerprint density at radius 3 is 2.31 bits per heavy atom. The number of carbonyl (C=O) groups is 1. The molecule has 4 nitrogen and oxygen atoms in total. The van der Waals surface area contributed by atoms with Gasteiger partial charge in [0, 0.05) is 25.7 Å². The first-order chi connectivity index (χ1) is 11.2. The molecule has 1 aliphatic heterocycles. The first-order valence-electron chi connectivity index (χ1n) is 8.39. The predicted molar refractivity (Wildman–Crippen MR) is 105 cm³/mol. The summed E-state index contributed by atoms with van der Waals surface area (Å²) in [6.45, 7) is 8.02. The van der Waals surface area contributed by atoms with Gasteiger partial charge in [0.2, 0.25) is 5.91 Å². The van der Waals surface area contributed by atoms with Gasteiger partial charge in [-0.25, -0.2) is 8.78 Å². The largest absolute Gasteiger partial charge is 0.352 e. The van der Waals surface area contributed by atoms with E-state index in [1.165, 1.54) is 6.07 Å². The summed E-state index contributed by atoms with van der Waals surface area (Å²) in [5.74, 6) is -1.75. The molecule has 0 unspecified atom stereocenters. The molecule has 150 valence electrons. The number of benzene rings is 1. The van der Waals surface area contributed by atoms with E-state index >= 15 is 0 Å². The monoisotopic (exact) mass is 411 g/mol. The van der Waals surface area contributed by atoms with Crippen LogP contribution in [0.25, 0.3) is 0 Å². The van der Waals surface area contributed by atoms with Crippen molar-refractivity contribution in [3.05, 3.63) is 35.4 Å². The highest BCUT2D eigenvalue weighted by Gasteiger charge is 2.29. The van der Waals surface area contributed by atoms with E-state index in [0.717, 1.165) is 37.6 Å². The third kappa shape index (κ3) is 6.99. The van der Waals surface area contributed by atoms with Gasteiger partial charge in [-0.2, -0.15) is 0 Å². The van der Waals surface area contributed by atoms with E-state index in [2.05, 4.69) is 10.2 Å². The molecule has 0 saturated carbocycles.